The molecule has 0 spiro atoms. The molecule has 1 atom stereocenters. The smallest absolute Gasteiger partial charge is 0.225 e. The minimum Gasteiger partial charge on any atom is -0.490 e. The molecule has 1 aliphatic heterocycles. The lowest BCUT2D eigenvalue weighted by atomic mass is 9.90. The Balaban J connectivity index is 1.72. The molecule has 0 aliphatic carbocycles. The van der Waals surface area contributed by atoms with E-state index < -0.39 is 9.84 Å². The van der Waals surface area contributed by atoms with E-state index in [0.29, 0.717) is 23.1 Å². The van der Waals surface area contributed by atoms with Gasteiger partial charge in [-0.1, -0.05) is 36.4 Å². The second-order valence-corrected chi connectivity index (χ2v) is 10.0. The predicted octanol–water partition coefficient (Wildman–Crippen LogP) is 5.27. The fourth-order valence-electron chi connectivity index (χ4n) is 3.36. The largest absolute Gasteiger partial charge is 0.490 e. The zero-order valence-corrected chi connectivity index (χ0v) is 18.2. The van der Waals surface area contributed by atoms with Crippen molar-refractivity contribution < 1.29 is 17.9 Å². The van der Waals surface area contributed by atoms with Crippen LogP contribution < -0.4 is 10.1 Å². The van der Waals surface area contributed by atoms with Crippen molar-refractivity contribution in [3.63, 3.8) is 0 Å². The van der Waals surface area contributed by atoms with E-state index in [1.54, 1.807) is 11.5 Å². The van der Waals surface area contributed by atoms with Gasteiger partial charge in [0.05, 0.1) is 10.6 Å². The van der Waals surface area contributed by atoms with Gasteiger partial charge in [0.1, 0.15) is 17.3 Å². The number of amides is 1. The summed E-state index contributed by atoms with van der Waals surface area (Å²) in [7, 11) is -3.79. The Bertz CT molecular complexity index is 1200. The molecule has 1 aliphatic rings. The number of anilines is 1. The Morgan fingerprint density at radius 2 is 1.87 bits per heavy atom. The number of rotatable bonds is 6. The van der Waals surface area contributed by atoms with E-state index in [0.717, 1.165) is 10.4 Å². The van der Waals surface area contributed by atoms with Crippen LogP contribution in [0.15, 0.2) is 76.4 Å². The fourth-order valence-corrected chi connectivity index (χ4v) is 6.40. The maximum Gasteiger partial charge on any atom is 0.225 e. The Labute approximate surface area is 183 Å². The number of carbonyl (C=O) groups excluding carboxylic acids is 1. The first kappa shape index (κ1) is 20.7. The summed E-state index contributed by atoms with van der Waals surface area (Å²) in [5, 5.41) is 4.81. The molecule has 1 aromatic heterocycles. The van der Waals surface area contributed by atoms with Crippen molar-refractivity contribution >= 4 is 44.4 Å². The van der Waals surface area contributed by atoms with Gasteiger partial charge >= 0.3 is 0 Å². The number of ether oxygens (including phenoxy) is 1. The van der Waals surface area contributed by atoms with Gasteiger partial charge in [-0.3, -0.25) is 4.79 Å². The molecule has 3 aromatic rings. The number of nitrogens with one attached hydrogen (secondary N) is 1. The summed E-state index contributed by atoms with van der Waals surface area (Å²) in [5.74, 6) is 0.267. The standard InChI is InChI=1S/C22H18ClNO4S2/c1-2-11-28-16-7-3-14(4-8-16)18-12-20(25)24-21-19(13-29-22(18)21)30(26,27)17-9-5-15(23)6-10-17/h2-10,13,18H,1,11-12H2,(H,24,25)/t18-/m1/s1. The Morgan fingerprint density at radius 3 is 2.53 bits per heavy atom. The summed E-state index contributed by atoms with van der Waals surface area (Å²) in [6.07, 6.45) is 1.92. The molecule has 0 saturated carbocycles. The SMILES string of the molecule is C=CCOc1ccc([C@H]2CC(=O)Nc3c(S(=O)(=O)c4ccc(Cl)cc4)csc32)cc1. The molecule has 1 N–H and O–H groups in total. The van der Waals surface area contributed by atoms with Gasteiger partial charge in [0.15, 0.2) is 0 Å². The predicted molar refractivity (Wildman–Crippen MR) is 118 cm³/mol. The van der Waals surface area contributed by atoms with Gasteiger partial charge in [-0.05, 0) is 42.0 Å². The van der Waals surface area contributed by atoms with Crippen molar-refractivity contribution in [1.29, 1.82) is 0 Å². The molecule has 8 heteroatoms. The minimum absolute atomic E-state index is 0.105. The number of fused-ring (bicyclic) bond motifs is 1. The van der Waals surface area contributed by atoms with Gasteiger partial charge in [0.25, 0.3) is 0 Å². The van der Waals surface area contributed by atoms with Gasteiger partial charge in [-0.25, -0.2) is 8.42 Å². The van der Waals surface area contributed by atoms with Crippen LogP contribution in [0.5, 0.6) is 5.75 Å². The molecule has 5 nitrogen and oxygen atoms in total. The van der Waals surface area contributed by atoms with Crippen molar-refractivity contribution in [3.8, 4) is 5.75 Å². The lowest BCUT2D eigenvalue weighted by Crippen LogP contribution is -2.23. The van der Waals surface area contributed by atoms with Crippen molar-refractivity contribution in [2.75, 3.05) is 11.9 Å². The molecule has 0 bridgehead atoms. The van der Waals surface area contributed by atoms with E-state index in [9.17, 15) is 13.2 Å². The molecule has 2 aromatic carbocycles. The Kier molecular flexibility index (Phi) is 5.69. The van der Waals surface area contributed by atoms with Gasteiger partial charge in [0, 0.05) is 27.6 Å². The first-order valence-electron chi connectivity index (χ1n) is 9.15. The third-order valence-corrected chi connectivity index (χ3v) is 8.11. The van der Waals surface area contributed by atoms with Crippen molar-refractivity contribution in [1.82, 2.24) is 0 Å². The van der Waals surface area contributed by atoms with Crippen molar-refractivity contribution in [3.05, 3.63) is 82.0 Å². The number of halogens is 1. The average molecular weight is 460 g/mol. The molecular formula is C22H18ClNO4S2. The normalized spacial score (nSPS) is 15.9. The van der Waals surface area contributed by atoms with Gasteiger partial charge < -0.3 is 10.1 Å². The third kappa shape index (κ3) is 3.88. The molecular weight excluding hydrogens is 442 g/mol. The van der Waals surface area contributed by atoms with E-state index in [4.69, 9.17) is 16.3 Å². The summed E-state index contributed by atoms with van der Waals surface area (Å²) in [6, 6.07) is 13.5. The quantitative estimate of drug-likeness (QED) is 0.509. The monoisotopic (exact) mass is 459 g/mol. The van der Waals surface area contributed by atoms with Crippen LogP contribution >= 0.6 is 22.9 Å². The highest BCUT2D eigenvalue weighted by molar-refractivity contribution is 7.91. The summed E-state index contributed by atoms with van der Waals surface area (Å²) in [4.78, 5) is 13.5. The molecule has 0 unspecified atom stereocenters. The maximum atomic E-state index is 13.2. The van der Waals surface area contributed by atoms with E-state index in [1.807, 2.05) is 24.3 Å². The van der Waals surface area contributed by atoms with Crippen LogP contribution in [0.4, 0.5) is 5.69 Å². The summed E-state index contributed by atoms with van der Waals surface area (Å²) >= 11 is 7.22. The highest BCUT2D eigenvalue weighted by Crippen LogP contribution is 2.46. The number of carbonyl (C=O) groups is 1. The first-order valence-corrected chi connectivity index (χ1v) is 11.9. The van der Waals surface area contributed by atoms with Crippen LogP contribution in [-0.4, -0.2) is 20.9 Å². The first-order chi connectivity index (χ1) is 14.4. The van der Waals surface area contributed by atoms with Crippen molar-refractivity contribution in [2.24, 2.45) is 0 Å². The molecule has 1 amide bonds. The number of sulfone groups is 1. The Morgan fingerprint density at radius 1 is 1.17 bits per heavy atom. The van der Waals surface area contributed by atoms with Gasteiger partial charge in [-0.2, -0.15) is 0 Å². The van der Waals surface area contributed by atoms with Gasteiger partial charge in [0.2, 0.25) is 15.7 Å². The lowest BCUT2D eigenvalue weighted by Gasteiger charge is -2.24. The van der Waals surface area contributed by atoms with E-state index in [2.05, 4.69) is 11.9 Å². The van der Waals surface area contributed by atoms with Crippen LogP contribution in [0.3, 0.4) is 0 Å². The molecule has 0 fully saturated rings. The van der Waals surface area contributed by atoms with Crippen LogP contribution in [0.25, 0.3) is 0 Å². The molecule has 30 heavy (non-hydrogen) atoms. The lowest BCUT2D eigenvalue weighted by molar-refractivity contribution is -0.116. The van der Waals surface area contributed by atoms with Crippen LogP contribution in [0, 0.1) is 0 Å². The van der Waals surface area contributed by atoms with Crippen LogP contribution in [0.1, 0.15) is 22.8 Å². The Hall–Kier alpha value is -2.61. The summed E-state index contributed by atoms with van der Waals surface area (Å²) in [5.41, 5.74) is 1.29. The summed E-state index contributed by atoms with van der Waals surface area (Å²) < 4.78 is 31.8. The molecule has 154 valence electrons. The van der Waals surface area contributed by atoms with Gasteiger partial charge in [-0.15, -0.1) is 11.3 Å². The number of benzene rings is 2. The van der Waals surface area contributed by atoms with Crippen LogP contribution in [0.2, 0.25) is 5.02 Å². The van der Waals surface area contributed by atoms with Crippen molar-refractivity contribution in [2.45, 2.75) is 22.1 Å². The average Bonchev–Trinajstić information content (AvgIpc) is 3.17. The van der Waals surface area contributed by atoms with E-state index in [-0.39, 0.29) is 28.0 Å². The number of thiophene rings is 1. The van der Waals surface area contributed by atoms with E-state index in [1.165, 1.54) is 35.6 Å². The topological polar surface area (TPSA) is 72.5 Å². The third-order valence-electron chi connectivity index (χ3n) is 4.82. The maximum absolute atomic E-state index is 13.2. The highest BCUT2D eigenvalue weighted by atomic mass is 35.5. The molecule has 2 heterocycles. The highest BCUT2D eigenvalue weighted by Gasteiger charge is 2.34. The number of hydrogen-bond acceptors (Lipinski definition) is 5. The van der Waals surface area contributed by atoms with Crippen LogP contribution in [-0.2, 0) is 14.6 Å². The zero-order valence-electron chi connectivity index (χ0n) is 15.8. The van der Waals surface area contributed by atoms with E-state index >= 15 is 0 Å². The fraction of sp³-hybridized carbons (Fsp3) is 0.136. The second kappa shape index (κ2) is 8.26. The molecule has 0 saturated heterocycles. The zero-order chi connectivity index (χ0) is 21.3. The number of hydrogen-bond donors (Lipinski definition) is 1. The molecule has 4 rings (SSSR count). The minimum atomic E-state index is -3.79. The summed E-state index contributed by atoms with van der Waals surface area (Å²) in [6.45, 7) is 4.03. The second-order valence-electron chi connectivity index (χ2n) is 6.77. The molecule has 0 radical (unpaired) electrons.